The zero-order chi connectivity index (χ0) is 11.8. The van der Waals surface area contributed by atoms with E-state index in [4.69, 9.17) is 4.74 Å². The Balaban J connectivity index is 1.91. The summed E-state index contributed by atoms with van der Waals surface area (Å²) in [6.45, 7) is 6.56. The lowest BCUT2D eigenvalue weighted by Gasteiger charge is -2.17. The number of methoxy groups -OCH3 is 1. The molecule has 0 spiro atoms. The van der Waals surface area contributed by atoms with Crippen LogP contribution in [0.2, 0.25) is 0 Å². The molecular weight excluding hydrogens is 200 g/mol. The monoisotopic (exact) mass is 228 g/mol. The number of hydrogen-bond acceptors (Lipinski definition) is 3. The summed E-state index contributed by atoms with van der Waals surface area (Å²) in [5.41, 5.74) is 0. The summed E-state index contributed by atoms with van der Waals surface area (Å²) in [7, 11) is 3.92. The molecule has 0 heterocycles. The fourth-order valence-electron chi connectivity index (χ4n) is 2.41. The highest BCUT2D eigenvalue weighted by atomic mass is 16.5. The Morgan fingerprint density at radius 1 is 1.31 bits per heavy atom. The molecule has 0 aromatic carbocycles. The topological polar surface area (TPSA) is 24.5 Å². The molecule has 1 aliphatic carbocycles. The van der Waals surface area contributed by atoms with Crippen LogP contribution in [-0.2, 0) is 4.74 Å². The minimum atomic E-state index is 0.791. The van der Waals surface area contributed by atoms with Gasteiger partial charge in [0.05, 0.1) is 6.61 Å². The largest absolute Gasteiger partial charge is 0.383 e. The fourth-order valence-corrected chi connectivity index (χ4v) is 2.41. The number of nitrogens with one attached hydrogen (secondary N) is 1. The van der Waals surface area contributed by atoms with Crippen molar-refractivity contribution < 1.29 is 4.74 Å². The zero-order valence-electron chi connectivity index (χ0n) is 11.2. The van der Waals surface area contributed by atoms with E-state index in [1.54, 1.807) is 7.11 Å². The van der Waals surface area contributed by atoms with E-state index in [0.29, 0.717) is 0 Å². The number of nitrogens with zero attached hydrogens (tertiary/aromatic N) is 1. The van der Waals surface area contributed by atoms with Gasteiger partial charge < -0.3 is 15.0 Å². The van der Waals surface area contributed by atoms with Gasteiger partial charge in [-0.3, -0.25) is 0 Å². The van der Waals surface area contributed by atoms with Gasteiger partial charge in [0.1, 0.15) is 0 Å². The second-order valence-electron chi connectivity index (χ2n) is 5.22. The highest BCUT2D eigenvalue weighted by Gasteiger charge is 2.19. The second kappa shape index (κ2) is 8.04. The lowest BCUT2D eigenvalue weighted by Crippen LogP contribution is -2.31. The van der Waals surface area contributed by atoms with Crippen LogP contribution in [0.3, 0.4) is 0 Å². The average Bonchev–Trinajstić information content (AvgIpc) is 2.67. The van der Waals surface area contributed by atoms with Gasteiger partial charge in [0, 0.05) is 19.7 Å². The molecule has 1 fully saturated rings. The lowest BCUT2D eigenvalue weighted by molar-refractivity contribution is 0.160. The maximum Gasteiger partial charge on any atom is 0.0589 e. The minimum absolute atomic E-state index is 0.791. The van der Waals surface area contributed by atoms with E-state index in [1.165, 1.54) is 32.2 Å². The molecular formula is C13H28N2O. The molecule has 0 aliphatic heterocycles. The van der Waals surface area contributed by atoms with Gasteiger partial charge in [0.2, 0.25) is 0 Å². The van der Waals surface area contributed by atoms with E-state index in [0.717, 1.165) is 31.7 Å². The molecule has 2 unspecified atom stereocenters. The lowest BCUT2D eigenvalue weighted by atomic mass is 10.1. The van der Waals surface area contributed by atoms with Crippen LogP contribution in [0.25, 0.3) is 0 Å². The Kier molecular flexibility index (Phi) is 7.01. The standard InChI is InChI=1S/C13H28N2O/c1-12-5-6-13(11-12)14-7-4-8-15(2)9-10-16-3/h12-14H,4-11H2,1-3H3. The van der Waals surface area contributed by atoms with E-state index in [-0.39, 0.29) is 0 Å². The molecule has 0 saturated heterocycles. The van der Waals surface area contributed by atoms with Gasteiger partial charge in [-0.2, -0.15) is 0 Å². The minimum Gasteiger partial charge on any atom is -0.383 e. The molecule has 0 amide bonds. The number of likely N-dealkylation sites (N-methyl/N-ethyl adjacent to an activating group) is 1. The molecule has 1 aliphatic rings. The van der Waals surface area contributed by atoms with E-state index in [9.17, 15) is 0 Å². The first kappa shape index (κ1) is 13.9. The predicted molar refractivity (Wildman–Crippen MR) is 68.8 cm³/mol. The summed E-state index contributed by atoms with van der Waals surface area (Å²) in [4.78, 5) is 2.34. The normalized spacial score (nSPS) is 25.5. The second-order valence-corrected chi connectivity index (χ2v) is 5.22. The summed E-state index contributed by atoms with van der Waals surface area (Å²) in [5, 5.41) is 3.67. The molecule has 0 aromatic heterocycles. The summed E-state index contributed by atoms with van der Waals surface area (Å²) >= 11 is 0. The average molecular weight is 228 g/mol. The van der Waals surface area contributed by atoms with Crippen LogP contribution in [0.15, 0.2) is 0 Å². The van der Waals surface area contributed by atoms with Gasteiger partial charge >= 0.3 is 0 Å². The van der Waals surface area contributed by atoms with E-state index in [2.05, 4.69) is 24.2 Å². The van der Waals surface area contributed by atoms with Crippen molar-refractivity contribution in [2.45, 2.75) is 38.6 Å². The van der Waals surface area contributed by atoms with Crippen molar-refractivity contribution in [1.82, 2.24) is 10.2 Å². The number of hydrogen-bond donors (Lipinski definition) is 1. The Hall–Kier alpha value is -0.120. The van der Waals surface area contributed by atoms with Gasteiger partial charge in [0.25, 0.3) is 0 Å². The first-order valence-corrected chi connectivity index (χ1v) is 6.63. The zero-order valence-corrected chi connectivity index (χ0v) is 11.2. The third-order valence-electron chi connectivity index (χ3n) is 3.52. The van der Waals surface area contributed by atoms with Gasteiger partial charge in [-0.15, -0.1) is 0 Å². The van der Waals surface area contributed by atoms with Crippen molar-refractivity contribution in [3.63, 3.8) is 0 Å². The smallest absolute Gasteiger partial charge is 0.0589 e. The van der Waals surface area contributed by atoms with E-state index < -0.39 is 0 Å². The maximum absolute atomic E-state index is 5.05. The van der Waals surface area contributed by atoms with Crippen LogP contribution in [0.1, 0.15) is 32.6 Å². The highest BCUT2D eigenvalue weighted by molar-refractivity contribution is 4.78. The van der Waals surface area contributed by atoms with Crippen LogP contribution < -0.4 is 5.32 Å². The van der Waals surface area contributed by atoms with Crippen molar-refractivity contribution in [2.75, 3.05) is 40.4 Å². The molecule has 3 heteroatoms. The van der Waals surface area contributed by atoms with Gasteiger partial charge in [-0.25, -0.2) is 0 Å². The van der Waals surface area contributed by atoms with Crippen molar-refractivity contribution in [3.05, 3.63) is 0 Å². The van der Waals surface area contributed by atoms with E-state index in [1.807, 2.05) is 0 Å². The summed E-state index contributed by atoms with van der Waals surface area (Å²) in [6.07, 6.45) is 5.40. The first-order valence-electron chi connectivity index (χ1n) is 6.63. The molecule has 0 bridgehead atoms. The van der Waals surface area contributed by atoms with E-state index >= 15 is 0 Å². The predicted octanol–water partition coefficient (Wildman–Crippen LogP) is 1.73. The first-order chi connectivity index (χ1) is 7.72. The number of rotatable bonds is 8. The molecule has 0 aromatic rings. The number of ether oxygens (including phenoxy) is 1. The molecule has 96 valence electrons. The van der Waals surface area contributed by atoms with Crippen molar-refractivity contribution in [1.29, 1.82) is 0 Å². The third kappa shape index (κ3) is 5.83. The Bertz CT molecular complexity index is 175. The van der Waals surface area contributed by atoms with Crippen LogP contribution in [-0.4, -0.2) is 51.3 Å². The van der Waals surface area contributed by atoms with Gasteiger partial charge in [-0.1, -0.05) is 6.92 Å². The summed E-state index contributed by atoms with van der Waals surface area (Å²) < 4.78 is 5.05. The highest BCUT2D eigenvalue weighted by Crippen LogP contribution is 2.24. The van der Waals surface area contributed by atoms with Crippen molar-refractivity contribution in [2.24, 2.45) is 5.92 Å². The quantitative estimate of drug-likeness (QED) is 0.640. The molecule has 0 radical (unpaired) electrons. The van der Waals surface area contributed by atoms with Gasteiger partial charge in [-0.05, 0) is 51.7 Å². The van der Waals surface area contributed by atoms with Gasteiger partial charge in [0.15, 0.2) is 0 Å². The summed E-state index contributed by atoms with van der Waals surface area (Å²) in [5.74, 6) is 0.932. The SMILES string of the molecule is COCCN(C)CCCNC1CCC(C)C1. The summed E-state index contributed by atoms with van der Waals surface area (Å²) in [6, 6.07) is 0.791. The van der Waals surface area contributed by atoms with Crippen LogP contribution in [0, 0.1) is 5.92 Å². The van der Waals surface area contributed by atoms with Crippen LogP contribution >= 0.6 is 0 Å². The molecule has 1 N–H and O–H groups in total. The Labute approximate surface area is 101 Å². The third-order valence-corrected chi connectivity index (χ3v) is 3.52. The Morgan fingerprint density at radius 3 is 2.75 bits per heavy atom. The molecule has 16 heavy (non-hydrogen) atoms. The van der Waals surface area contributed by atoms with Crippen LogP contribution in [0.5, 0.6) is 0 Å². The van der Waals surface area contributed by atoms with Crippen LogP contribution in [0.4, 0.5) is 0 Å². The molecule has 1 rings (SSSR count). The molecule has 2 atom stereocenters. The maximum atomic E-state index is 5.05. The Morgan fingerprint density at radius 2 is 2.12 bits per heavy atom. The van der Waals surface area contributed by atoms with Crippen molar-refractivity contribution >= 4 is 0 Å². The molecule has 3 nitrogen and oxygen atoms in total. The van der Waals surface area contributed by atoms with Crippen molar-refractivity contribution in [3.8, 4) is 0 Å². The fraction of sp³-hybridized carbons (Fsp3) is 1.00. The molecule has 1 saturated carbocycles.